The first-order chi connectivity index (χ1) is 11.9. The largest absolute Gasteiger partial charge is 0.493 e. The van der Waals surface area contributed by atoms with Crippen molar-refractivity contribution in [1.29, 1.82) is 0 Å². The van der Waals surface area contributed by atoms with Gasteiger partial charge in [-0.15, -0.1) is 0 Å². The van der Waals surface area contributed by atoms with Crippen molar-refractivity contribution in [3.63, 3.8) is 0 Å². The third kappa shape index (κ3) is 4.99. The van der Waals surface area contributed by atoms with Crippen LogP contribution in [0.4, 0.5) is 0 Å². The summed E-state index contributed by atoms with van der Waals surface area (Å²) in [6, 6.07) is 12.0. The van der Waals surface area contributed by atoms with E-state index < -0.39 is 0 Å². The van der Waals surface area contributed by atoms with Crippen LogP contribution < -0.4 is 14.8 Å². The topological polar surface area (TPSA) is 47.6 Å². The van der Waals surface area contributed by atoms with Crippen LogP contribution in [0.15, 0.2) is 36.4 Å². The number of rotatable bonds is 7. The van der Waals surface area contributed by atoms with E-state index in [1.165, 1.54) is 11.1 Å². The maximum atomic E-state index is 12.3. The molecule has 2 aromatic rings. The van der Waals surface area contributed by atoms with Crippen LogP contribution in [0, 0.1) is 13.8 Å². The Balaban J connectivity index is 1.94. The zero-order valence-corrected chi connectivity index (χ0v) is 15.7. The Kier molecular flexibility index (Phi) is 6.45. The fourth-order valence-corrected chi connectivity index (χ4v) is 3.00. The van der Waals surface area contributed by atoms with E-state index in [1.807, 2.05) is 25.1 Å². The lowest BCUT2D eigenvalue weighted by Gasteiger charge is -2.17. The smallest absolute Gasteiger partial charge is 0.220 e. The van der Waals surface area contributed by atoms with Gasteiger partial charge in [0.15, 0.2) is 11.5 Å². The van der Waals surface area contributed by atoms with Crippen molar-refractivity contribution in [2.24, 2.45) is 0 Å². The second-order valence-corrected chi connectivity index (χ2v) is 6.34. The minimum atomic E-state index is -0.00139. The van der Waals surface area contributed by atoms with Gasteiger partial charge < -0.3 is 14.8 Å². The minimum Gasteiger partial charge on any atom is -0.493 e. The van der Waals surface area contributed by atoms with Crippen molar-refractivity contribution in [2.75, 3.05) is 14.2 Å². The molecule has 0 saturated carbocycles. The van der Waals surface area contributed by atoms with Crippen molar-refractivity contribution in [3.05, 3.63) is 58.7 Å². The monoisotopic (exact) mass is 341 g/mol. The average Bonchev–Trinajstić information content (AvgIpc) is 2.59. The zero-order chi connectivity index (χ0) is 18.4. The van der Waals surface area contributed by atoms with Crippen LogP contribution >= 0.6 is 0 Å². The Hall–Kier alpha value is -2.49. The van der Waals surface area contributed by atoms with Crippen LogP contribution in [0.25, 0.3) is 0 Å². The predicted molar refractivity (Wildman–Crippen MR) is 100 cm³/mol. The van der Waals surface area contributed by atoms with Gasteiger partial charge in [0.2, 0.25) is 5.91 Å². The number of methoxy groups -OCH3 is 2. The van der Waals surface area contributed by atoms with Crippen LogP contribution in [0.5, 0.6) is 11.5 Å². The number of carbonyl (C=O) groups excluding carboxylic acids is 1. The molecule has 2 aromatic carbocycles. The van der Waals surface area contributed by atoms with E-state index in [-0.39, 0.29) is 11.9 Å². The number of amides is 1. The summed E-state index contributed by atoms with van der Waals surface area (Å²) in [5, 5.41) is 3.08. The second kappa shape index (κ2) is 8.56. The van der Waals surface area contributed by atoms with E-state index >= 15 is 0 Å². The number of carbonyl (C=O) groups is 1. The third-order valence-corrected chi connectivity index (χ3v) is 4.36. The van der Waals surface area contributed by atoms with Crippen molar-refractivity contribution in [1.82, 2.24) is 5.32 Å². The molecular weight excluding hydrogens is 314 g/mol. The van der Waals surface area contributed by atoms with Gasteiger partial charge >= 0.3 is 0 Å². The molecule has 0 aliphatic carbocycles. The van der Waals surface area contributed by atoms with Crippen molar-refractivity contribution < 1.29 is 14.3 Å². The van der Waals surface area contributed by atoms with E-state index in [1.54, 1.807) is 14.2 Å². The van der Waals surface area contributed by atoms with E-state index in [9.17, 15) is 4.79 Å². The summed E-state index contributed by atoms with van der Waals surface area (Å²) in [4.78, 5) is 12.3. The van der Waals surface area contributed by atoms with Crippen molar-refractivity contribution in [2.45, 2.75) is 39.7 Å². The summed E-state index contributed by atoms with van der Waals surface area (Å²) >= 11 is 0. The predicted octanol–water partition coefficient (Wildman–Crippen LogP) is 4.13. The van der Waals surface area contributed by atoms with Crippen molar-refractivity contribution in [3.8, 4) is 11.5 Å². The first-order valence-electron chi connectivity index (χ1n) is 8.52. The lowest BCUT2D eigenvalue weighted by atomic mass is 10.00. The van der Waals surface area contributed by atoms with Gasteiger partial charge in [-0.1, -0.05) is 29.8 Å². The van der Waals surface area contributed by atoms with Crippen LogP contribution in [0.3, 0.4) is 0 Å². The SMILES string of the molecule is COc1ccc(CCC(=O)NC(C)c2ccc(C)cc2C)cc1OC. The summed E-state index contributed by atoms with van der Waals surface area (Å²) in [5.74, 6) is 1.42. The van der Waals surface area contributed by atoms with Gasteiger partial charge in [0, 0.05) is 6.42 Å². The highest BCUT2D eigenvalue weighted by Gasteiger charge is 2.12. The molecule has 134 valence electrons. The standard InChI is InChI=1S/C21H27NO3/c1-14-6-9-18(15(2)12-14)16(3)22-21(23)11-8-17-7-10-19(24-4)20(13-17)25-5/h6-7,9-10,12-13,16H,8,11H2,1-5H3,(H,22,23). The van der Waals surface area contributed by atoms with Crippen LogP contribution in [0.1, 0.15) is 41.6 Å². The molecule has 1 unspecified atom stereocenters. The molecule has 1 N–H and O–H groups in total. The van der Waals surface area contributed by atoms with Gasteiger partial charge in [-0.3, -0.25) is 4.79 Å². The molecule has 1 amide bonds. The number of ether oxygens (including phenoxy) is 2. The number of hydrogen-bond acceptors (Lipinski definition) is 3. The summed E-state index contributed by atoms with van der Waals surface area (Å²) in [6.07, 6.45) is 1.09. The quantitative estimate of drug-likeness (QED) is 0.824. The molecule has 0 fully saturated rings. The van der Waals surface area contributed by atoms with Crippen molar-refractivity contribution >= 4 is 5.91 Å². The maximum Gasteiger partial charge on any atom is 0.220 e. The minimum absolute atomic E-state index is 0.00139. The molecule has 0 spiro atoms. The molecule has 0 aliphatic rings. The highest BCUT2D eigenvalue weighted by Crippen LogP contribution is 2.28. The summed E-state index contributed by atoms with van der Waals surface area (Å²) < 4.78 is 10.5. The second-order valence-electron chi connectivity index (χ2n) is 6.34. The molecule has 4 heteroatoms. The molecule has 0 aliphatic heterocycles. The summed E-state index contributed by atoms with van der Waals surface area (Å²) in [6.45, 7) is 6.17. The zero-order valence-electron chi connectivity index (χ0n) is 15.7. The third-order valence-electron chi connectivity index (χ3n) is 4.36. The Labute approximate surface area is 150 Å². The molecule has 0 bridgehead atoms. The molecule has 2 rings (SSSR count). The highest BCUT2D eigenvalue weighted by molar-refractivity contribution is 5.76. The fraction of sp³-hybridized carbons (Fsp3) is 0.381. The van der Waals surface area contributed by atoms with E-state index in [0.29, 0.717) is 24.3 Å². The molecule has 25 heavy (non-hydrogen) atoms. The molecule has 4 nitrogen and oxygen atoms in total. The van der Waals surface area contributed by atoms with Gasteiger partial charge in [-0.05, 0) is 56.0 Å². The van der Waals surface area contributed by atoms with Gasteiger partial charge in [0.05, 0.1) is 20.3 Å². The van der Waals surface area contributed by atoms with E-state index in [0.717, 1.165) is 11.1 Å². The molecular formula is C21H27NO3. The lowest BCUT2D eigenvalue weighted by Crippen LogP contribution is -2.27. The van der Waals surface area contributed by atoms with Gasteiger partial charge in [-0.25, -0.2) is 0 Å². The normalized spacial score (nSPS) is 11.7. The summed E-state index contributed by atoms with van der Waals surface area (Å²) in [7, 11) is 3.22. The first kappa shape index (κ1) is 18.8. The Morgan fingerprint density at radius 3 is 2.40 bits per heavy atom. The van der Waals surface area contributed by atoms with Crippen LogP contribution in [-0.4, -0.2) is 20.1 Å². The van der Waals surface area contributed by atoms with E-state index in [2.05, 4.69) is 37.4 Å². The Bertz CT molecular complexity index is 740. The van der Waals surface area contributed by atoms with Gasteiger partial charge in [0.1, 0.15) is 0 Å². The summed E-state index contributed by atoms with van der Waals surface area (Å²) in [5.41, 5.74) is 4.64. The fourth-order valence-electron chi connectivity index (χ4n) is 3.00. The average molecular weight is 341 g/mol. The van der Waals surface area contributed by atoms with Gasteiger partial charge in [0.25, 0.3) is 0 Å². The number of benzene rings is 2. The Morgan fingerprint density at radius 2 is 1.76 bits per heavy atom. The van der Waals surface area contributed by atoms with Crippen LogP contribution in [-0.2, 0) is 11.2 Å². The molecule has 0 radical (unpaired) electrons. The molecule has 1 atom stereocenters. The molecule has 0 aromatic heterocycles. The van der Waals surface area contributed by atoms with E-state index in [4.69, 9.17) is 9.47 Å². The number of aryl methyl sites for hydroxylation is 3. The molecule has 0 saturated heterocycles. The molecule has 0 heterocycles. The Morgan fingerprint density at radius 1 is 1.04 bits per heavy atom. The van der Waals surface area contributed by atoms with Crippen LogP contribution in [0.2, 0.25) is 0 Å². The maximum absolute atomic E-state index is 12.3. The lowest BCUT2D eigenvalue weighted by molar-refractivity contribution is -0.121. The number of hydrogen-bond donors (Lipinski definition) is 1. The van der Waals surface area contributed by atoms with Gasteiger partial charge in [-0.2, -0.15) is 0 Å². The highest BCUT2D eigenvalue weighted by atomic mass is 16.5. The number of nitrogens with one attached hydrogen (secondary N) is 1. The first-order valence-corrected chi connectivity index (χ1v) is 8.52.